The summed E-state index contributed by atoms with van der Waals surface area (Å²) < 4.78 is 0. The third-order valence-electron chi connectivity index (χ3n) is 3.62. The number of hydrogen-bond acceptors (Lipinski definition) is 4. The molecule has 4 nitrogen and oxygen atoms in total. The van der Waals surface area contributed by atoms with E-state index >= 15 is 0 Å². The highest BCUT2D eigenvalue weighted by atomic mass is 15.2. The fourth-order valence-electron chi connectivity index (χ4n) is 2.59. The van der Waals surface area contributed by atoms with Gasteiger partial charge in [-0.1, -0.05) is 25.1 Å². The first-order valence-corrected chi connectivity index (χ1v) is 7.22. The van der Waals surface area contributed by atoms with Crippen LogP contribution in [0.1, 0.15) is 24.5 Å². The van der Waals surface area contributed by atoms with Crippen LogP contribution in [0.15, 0.2) is 30.5 Å². The minimum atomic E-state index is 0.719. The summed E-state index contributed by atoms with van der Waals surface area (Å²) in [7, 11) is 0. The first kappa shape index (κ1) is 12.9. The molecule has 1 aromatic carbocycles. The van der Waals surface area contributed by atoms with E-state index in [0.29, 0.717) is 0 Å². The van der Waals surface area contributed by atoms with Crippen molar-refractivity contribution in [2.24, 2.45) is 0 Å². The largest absolute Gasteiger partial charge is 0.354 e. The molecule has 104 valence electrons. The van der Waals surface area contributed by atoms with Gasteiger partial charge < -0.3 is 10.2 Å². The lowest BCUT2D eigenvalue weighted by atomic mass is 10.2. The summed E-state index contributed by atoms with van der Waals surface area (Å²) in [5, 5.41) is 3.26. The number of aromatic nitrogens is 2. The zero-order valence-corrected chi connectivity index (χ0v) is 12.1. The van der Waals surface area contributed by atoms with Crippen LogP contribution in [0.3, 0.4) is 0 Å². The van der Waals surface area contributed by atoms with E-state index in [0.717, 1.165) is 43.3 Å². The Bertz CT molecular complexity index is 609. The SMILES string of the molecule is CCCNc1ncc(C)c(N2CCc3ccccc32)n1. The van der Waals surface area contributed by atoms with Gasteiger partial charge in [-0.3, -0.25) is 0 Å². The molecule has 1 aliphatic rings. The smallest absolute Gasteiger partial charge is 0.224 e. The van der Waals surface area contributed by atoms with Crippen molar-refractivity contribution in [3.8, 4) is 0 Å². The van der Waals surface area contributed by atoms with E-state index in [1.165, 1.54) is 11.3 Å². The Hall–Kier alpha value is -2.10. The summed E-state index contributed by atoms with van der Waals surface area (Å²) >= 11 is 0. The topological polar surface area (TPSA) is 41.1 Å². The molecule has 20 heavy (non-hydrogen) atoms. The quantitative estimate of drug-likeness (QED) is 0.923. The molecule has 0 atom stereocenters. The van der Waals surface area contributed by atoms with E-state index < -0.39 is 0 Å². The zero-order valence-electron chi connectivity index (χ0n) is 12.1. The highest BCUT2D eigenvalue weighted by molar-refractivity contribution is 5.69. The fraction of sp³-hybridized carbons (Fsp3) is 0.375. The van der Waals surface area contributed by atoms with Crippen molar-refractivity contribution in [3.05, 3.63) is 41.6 Å². The van der Waals surface area contributed by atoms with Crippen LogP contribution < -0.4 is 10.2 Å². The lowest BCUT2D eigenvalue weighted by Crippen LogP contribution is -2.17. The van der Waals surface area contributed by atoms with Crippen LogP contribution in [0.25, 0.3) is 0 Å². The van der Waals surface area contributed by atoms with Gasteiger partial charge in [0.05, 0.1) is 0 Å². The van der Waals surface area contributed by atoms with E-state index in [1.807, 2.05) is 6.20 Å². The van der Waals surface area contributed by atoms with Gasteiger partial charge >= 0.3 is 0 Å². The van der Waals surface area contributed by atoms with Crippen molar-refractivity contribution in [2.75, 3.05) is 23.3 Å². The molecule has 0 saturated heterocycles. The average molecular weight is 268 g/mol. The predicted octanol–water partition coefficient (Wildman–Crippen LogP) is 3.30. The van der Waals surface area contributed by atoms with Crippen LogP contribution in [0.4, 0.5) is 17.5 Å². The van der Waals surface area contributed by atoms with Crippen LogP contribution >= 0.6 is 0 Å². The number of benzene rings is 1. The summed E-state index contributed by atoms with van der Waals surface area (Å²) in [6.07, 6.45) is 4.05. The lowest BCUT2D eigenvalue weighted by Gasteiger charge is -2.20. The average Bonchev–Trinajstić information content (AvgIpc) is 2.90. The molecule has 3 rings (SSSR count). The normalized spacial score (nSPS) is 13.4. The molecule has 4 heteroatoms. The summed E-state index contributed by atoms with van der Waals surface area (Å²) in [5.74, 6) is 1.74. The lowest BCUT2D eigenvalue weighted by molar-refractivity contribution is 0.926. The predicted molar refractivity (Wildman–Crippen MR) is 82.7 cm³/mol. The molecule has 0 radical (unpaired) electrons. The maximum absolute atomic E-state index is 4.69. The van der Waals surface area contributed by atoms with E-state index in [2.05, 4.69) is 53.3 Å². The third kappa shape index (κ3) is 2.33. The van der Waals surface area contributed by atoms with Gasteiger partial charge in [0.2, 0.25) is 5.95 Å². The number of para-hydroxylation sites is 1. The number of nitrogens with one attached hydrogen (secondary N) is 1. The second-order valence-electron chi connectivity index (χ2n) is 5.16. The van der Waals surface area contributed by atoms with Crippen molar-refractivity contribution >= 4 is 17.5 Å². The van der Waals surface area contributed by atoms with Crippen molar-refractivity contribution in [1.82, 2.24) is 9.97 Å². The van der Waals surface area contributed by atoms with Gasteiger partial charge in [-0.05, 0) is 31.4 Å². The minimum absolute atomic E-state index is 0.719. The van der Waals surface area contributed by atoms with E-state index in [1.54, 1.807) is 0 Å². The van der Waals surface area contributed by atoms with Gasteiger partial charge in [-0.15, -0.1) is 0 Å². The molecule has 2 heterocycles. The highest BCUT2D eigenvalue weighted by Crippen LogP contribution is 2.34. The van der Waals surface area contributed by atoms with Gasteiger partial charge in [0.1, 0.15) is 5.82 Å². The maximum Gasteiger partial charge on any atom is 0.224 e. The molecule has 1 N–H and O–H groups in total. The molecular formula is C16H20N4. The fourth-order valence-corrected chi connectivity index (χ4v) is 2.59. The molecule has 0 bridgehead atoms. The Kier molecular flexibility index (Phi) is 3.54. The standard InChI is InChI=1S/C16H20N4/c1-3-9-17-16-18-11-12(2)15(19-16)20-10-8-13-6-4-5-7-14(13)20/h4-7,11H,3,8-10H2,1-2H3,(H,17,18,19). The Morgan fingerprint density at radius 2 is 2.15 bits per heavy atom. The van der Waals surface area contributed by atoms with Crippen molar-refractivity contribution in [1.29, 1.82) is 0 Å². The number of rotatable bonds is 4. The van der Waals surface area contributed by atoms with Gasteiger partial charge in [-0.2, -0.15) is 4.98 Å². The number of hydrogen-bond donors (Lipinski definition) is 1. The molecule has 1 aliphatic heterocycles. The summed E-state index contributed by atoms with van der Waals surface area (Å²) in [5.41, 5.74) is 3.79. The van der Waals surface area contributed by atoms with Crippen LogP contribution in [0.2, 0.25) is 0 Å². The maximum atomic E-state index is 4.69. The van der Waals surface area contributed by atoms with Crippen LogP contribution in [-0.2, 0) is 6.42 Å². The number of aryl methyl sites for hydroxylation is 1. The Balaban J connectivity index is 1.94. The second-order valence-corrected chi connectivity index (χ2v) is 5.16. The van der Waals surface area contributed by atoms with Crippen molar-refractivity contribution < 1.29 is 0 Å². The molecule has 0 spiro atoms. The monoisotopic (exact) mass is 268 g/mol. The van der Waals surface area contributed by atoms with E-state index in [-0.39, 0.29) is 0 Å². The highest BCUT2D eigenvalue weighted by Gasteiger charge is 2.22. The Morgan fingerprint density at radius 3 is 3.00 bits per heavy atom. The van der Waals surface area contributed by atoms with Crippen molar-refractivity contribution in [2.45, 2.75) is 26.7 Å². The van der Waals surface area contributed by atoms with Crippen LogP contribution in [0.5, 0.6) is 0 Å². The summed E-state index contributed by atoms with van der Waals surface area (Å²) in [4.78, 5) is 11.3. The van der Waals surface area contributed by atoms with Gasteiger partial charge in [-0.25, -0.2) is 4.98 Å². The molecule has 1 aromatic heterocycles. The van der Waals surface area contributed by atoms with Gasteiger partial charge in [0.25, 0.3) is 0 Å². The Labute approximate surface area is 119 Å². The van der Waals surface area contributed by atoms with Crippen LogP contribution in [0, 0.1) is 6.92 Å². The summed E-state index contributed by atoms with van der Waals surface area (Å²) in [6.45, 7) is 6.10. The summed E-state index contributed by atoms with van der Waals surface area (Å²) in [6, 6.07) is 8.55. The molecule has 2 aromatic rings. The Morgan fingerprint density at radius 1 is 1.30 bits per heavy atom. The minimum Gasteiger partial charge on any atom is -0.354 e. The molecule has 0 fully saturated rings. The number of fused-ring (bicyclic) bond motifs is 1. The first-order valence-electron chi connectivity index (χ1n) is 7.22. The van der Waals surface area contributed by atoms with Crippen LogP contribution in [-0.4, -0.2) is 23.1 Å². The molecule has 0 aliphatic carbocycles. The number of anilines is 3. The van der Waals surface area contributed by atoms with Gasteiger partial charge in [0.15, 0.2) is 0 Å². The van der Waals surface area contributed by atoms with E-state index in [9.17, 15) is 0 Å². The van der Waals surface area contributed by atoms with E-state index in [4.69, 9.17) is 4.98 Å². The molecule has 0 unspecified atom stereocenters. The second kappa shape index (κ2) is 5.49. The zero-order chi connectivity index (χ0) is 13.9. The van der Waals surface area contributed by atoms with Crippen molar-refractivity contribution in [3.63, 3.8) is 0 Å². The third-order valence-corrected chi connectivity index (χ3v) is 3.62. The molecule has 0 amide bonds. The number of nitrogens with zero attached hydrogens (tertiary/aromatic N) is 3. The van der Waals surface area contributed by atoms with Gasteiger partial charge in [0, 0.05) is 30.5 Å². The molecular weight excluding hydrogens is 248 g/mol. The first-order chi connectivity index (χ1) is 9.79. The molecule has 0 saturated carbocycles.